The molecule has 3 heterocycles. The molecule has 1 aliphatic heterocycles. The summed E-state index contributed by atoms with van der Waals surface area (Å²) in [6.07, 6.45) is 3.86. The second kappa shape index (κ2) is 7.91. The van der Waals surface area contributed by atoms with Gasteiger partial charge in [-0.15, -0.1) is 0 Å². The highest BCUT2D eigenvalue weighted by Gasteiger charge is 2.24. The van der Waals surface area contributed by atoms with Crippen molar-refractivity contribution >= 4 is 34.6 Å². The van der Waals surface area contributed by atoms with Gasteiger partial charge in [-0.25, -0.2) is 4.39 Å². The van der Waals surface area contributed by atoms with Gasteiger partial charge < -0.3 is 10.2 Å². The number of hydrogen-bond acceptors (Lipinski definition) is 5. The molecular weight excluding hydrogens is 407 g/mol. The molecule has 4 rings (SSSR count). The second-order valence-electron chi connectivity index (χ2n) is 7.25. The van der Waals surface area contributed by atoms with E-state index in [-0.39, 0.29) is 22.5 Å². The number of pyridine rings is 2. The molecular formula is C22H20ClFN4O2. The highest BCUT2D eigenvalue weighted by atomic mass is 35.5. The lowest BCUT2D eigenvalue weighted by Crippen LogP contribution is -2.36. The summed E-state index contributed by atoms with van der Waals surface area (Å²) >= 11 is 6.07. The molecule has 3 aromatic rings. The summed E-state index contributed by atoms with van der Waals surface area (Å²) in [5, 5.41) is 3.61. The normalized spacial score (nSPS) is 13.1. The van der Waals surface area contributed by atoms with E-state index < -0.39 is 5.82 Å². The highest BCUT2D eigenvalue weighted by molar-refractivity contribution is 6.30. The lowest BCUT2D eigenvalue weighted by Gasteiger charge is -2.32. The Balaban J connectivity index is 1.95. The van der Waals surface area contributed by atoms with Crippen LogP contribution in [0.1, 0.15) is 23.7 Å². The van der Waals surface area contributed by atoms with Crippen molar-refractivity contribution in [1.29, 1.82) is 0 Å². The van der Waals surface area contributed by atoms with Gasteiger partial charge in [0.25, 0.3) is 5.56 Å². The summed E-state index contributed by atoms with van der Waals surface area (Å²) in [4.78, 5) is 31.3. The molecule has 0 aliphatic carbocycles. The van der Waals surface area contributed by atoms with E-state index in [4.69, 9.17) is 11.6 Å². The van der Waals surface area contributed by atoms with Crippen LogP contribution in [0.5, 0.6) is 0 Å². The van der Waals surface area contributed by atoms with E-state index in [1.165, 1.54) is 31.3 Å². The number of nitrogens with one attached hydrogen (secondary N) is 1. The number of ketones is 1. The van der Waals surface area contributed by atoms with E-state index in [9.17, 15) is 14.0 Å². The maximum atomic E-state index is 14.6. The summed E-state index contributed by atoms with van der Waals surface area (Å²) < 4.78 is 16.2. The second-order valence-corrected chi connectivity index (χ2v) is 7.69. The third-order valence-electron chi connectivity index (χ3n) is 5.19. The van der Waals surface area contributed by atoms with Crippen molar-refractivity contribution in [1.82, 2.24) is 9.55 Å². The summed E-state index contributed by atoms with van der Waals surface area (Å²) in [5.41, 5.74) is 1.65. The Kier molecular flexibility index (Phi) is 5.30. The predicted octanol–water partition coefficient (Wildman–Crippen LogP) is 4.49. The molecule has 0 saturated heterocycles. The van der Waals surface area contributed by atoms with E-state index in [0.29, 0.717) is 34.3 Å². The number of benzene rings is 1. The van der Waals surface area contributed by atoms with Gasteiger partial charge in [0.1, 0.15) is 11.6 Å². The Morgan fingerprint density at radius 1 is 1.17 bits per heavy atom. The number of hydrogen-bond donors (Lipinski definition) is 1. The largest absolute Gasteiger partial charge is 0.359 e. The lowest BCUT2D eigenvalue weighted by atomic mass is 10.0. The third-order valence-corrected chi connectivity index (χ3v) is 5.42. The Labute approximate surface area is 177 Å². The minimum absolute atomic E-state index is 0.137. The topological polar surface area (TPSA) is 67.2 Å². The van der Waals surface area contributed by atoms with Crippen LogP contribution in [0.4, 0.5) is 21.6 Å². The average Bonchev–Trinajstić information content (AvgIpc) is 2.72. The van der Waals surface area contributed by atoms with Crippen molar-refractivity contribution < 1.29 is 9.18 Å². The molecule has 30 heavy (non-hydrogen) atoms. The first-order chi connectivity index (χ1) is 14.4. The maximum Gasteiger partial charge on any atom is 0.260 e. The summed E-state index contributed by atoms with van der Waals surface area (Å²) in [7, 11) is 1.90. The van der Waals surface area contributed by atoms with Crippen LogP contribution in [-0.2, 0) is 6.54 Å². The molecule has 0 unspecified atom stereocenters. The fraction of sp³-hybridized carbons (Fsp3) is 0.227. The minimum Gasteiger partial charge on any atom is -0.359 e. The van der Waals surface area contributed by atoms with Crippen molar-refractivity contribution in [3.63, 3.8) is 0 Å². The summed E-state index contributed by atoms with van der Waals surface area (Å²) in [5.74, 6) is 0.0197. The fourth-order valence-electron chi connectivity index (χ4n) is 3.77. The van der Waals surface area contributed by atoms with Crippen LogP contribution in [-0.4, -0.2) is 28.9 Å². The van der Waals surface area contributed by atoms with Gasteiger partial charge in [0.15, 0.2) is 5.78 Å². The monoisotopic (exact) mass is 426 g/mol. The number of Topliss-reactive ketones (excluding diaryl/α,β-unsaturated/α-hetero) is 1. The van der Waals surface area contributed by atoms with Gasteiger partial charge in [0.05, 0.1) is 22.5 Å². The van der Waals surface area contributed by atoms with Crippen LogP contribution >= 0.6 is 11.6 Å². The number of anilines is 3. The highest BCUT2D eigenvalue weighted by Crippen LogP contribution is 2.35. The molecule has 0 saturated carbocycles. The Bertz CT molecular complexity index is 1210. The molecule has 0 spiro atoms. The van der Waals surface area contributed by atoms with Crippen LogP contribution in [0.25, 0.3) is 11.1 Å². The van der Waals surface area contributed by atoms with E-state index in [2.05, 4.69) is 10.3 Å². The zero-order chi connectivity index (χ0) is 21.4. The molecule has 0 amide bonds. The quantitative estimate of drug-likeness (QED) is 0.622. The van der Waals surface area contributed by atoms with Gasteiger partial charge in [-0.2, -0.15) is 0 Å². The summed E-state index contributed by atoms with van der Waals surface area (Å²) in [6.45, 7) is 2.75. The van der Waals surface area contributed by atoms with E-state index in [0.717, 1.165) is 13.0 Å². The van der Waals surface area contributed by atoms with Gasteiger partial charge in [-0.3, -0.25) is 19.1 Å². The van der Waals surface area contributed by atoms with Gasteiger partial charge >= 0.3 is 0 Å². The maximum absolute atomic E-state index is 14.6. The third kappa shape index (κ3) is 3.57. The van der Waals surface area contributed by atoms with Gasteiger partial charge in [0.2, 0.25) is 0 Å². The van der Waals surface area contributed by atoms with Gasteiger partial charge in [0, 0.05) is 43.1 Å². The standard InChI is InChI=1S/C22H20ClFN4O2/c1-13(29)17-12-25-7-6-19(17)26-20-11-16(15-10-14(23)4-5-18(15)24)22(30)28-9-3-8-27(2)21(20)28/h4-7,10-12H,3,8-9H2,1-2H3,(H,25,26). The zero-order valence-corrected chi connectivity index (χ0v) is 17.3. The number of rotatable bonds is 4. The summed E-state index contributed by atoms with van der Waals surface area (Å²) in [6, 6.07) is 7.46. The number of nitrogens with zero attached hydrogens (tertiary/aromatic N) is 3. The molecule has 0 bridgehead atoms. The first kappa shape index (κ1) is 20.1. The molecule has 0 radical (unpaired) electrons. The molecule has 1 aromatic carbocycles. The fourth-order valence-corrected chi connectivity index (χ4v) is 3.94. The van der Waals surface area contributed by atoms with Gasteiger partial charge in [-0.1, -0.05) is 11.6 Å². The molecule has 154 valence electrons. The Morgan fingerprint density at radius 3 is 2.73 bits per heavy atom. The number of fused-ring (bicyclic) bond motifs is 1. The van der Waals surface area contributed by atoms with Crippen molar-refractivity contribution in [3.05, 3.63) is 69.5 Å². The van der Waals surface area contributed by atoms with E-state index in [1.54, 1.807) is 22.9 Å². The number of halogens is 2. The van der Waals surface area contributed by atoms with Crippen molar-refractivity contribution in [2.24, 2.45) is 0 Å². The molecule has 6 nitrogen and oxygen atoms in total. The smallest absolute Gasteiger partial charge is 0.260 e. The van der Waals surface area contributed by atoms with Crippen molar-refractivity contribution in [3.8, 4) is 11.1 Å². The van der Waals surface area contributed by atoms with Crippen LogP contribution < -0.4 is 15.8 Å². The van der Waals surface area contributed by atoms with E-state index >= 15 is 0 Å². The van der Waals surface area contributed by atoms with Gasteiger partial charge in [-0.05, 0) is 43.7 Å². The molecule has 1 aliphatic rings. The predicted molar refractivity (Wildman–Crippen MR) is 117 cm³/mol. The minimum atomic E-state index is -0.527. The van der Waals surface area contributed by atoms with Crippen LogP contribution in [0.2, 0.25) is 5.02 Å². The SMILES string of the molecule is CC(=O)c1cnccc1Nc1cc(-c2cc(Cl)ccc2F)c(=O)n2c1N(C)CCC2. The molecule has 0 fully saturated rings. The number of aromatic nitrogens is 2. The van der Waals surface area contributed by atoms with Crippen LogP contribution in [0.3, 0.4) is 0 Å². The van der Waals surface area contributed by atoms with Crippen LogP contribution in [0, 0.1) is 5.82 Å². The molecule has 0 atom stereocenters. The molecule has 2 aromatic heterocycles. The Morgan fingerprint density at radius 2 is 1.97 bits per heavy atom. The Hall–Kier alpha value is -3.19. The van der Waals surface area contributed by atoms with Crippen molar-refractivity contribution in [2.45, 2.75) is 19.9 Å². The van der Waals surface area contributed by atoms with Crippen LogP contribution in [0.15, 0.2) is 47.5 Å². The average molecular weight is 427 g/mol. The number of carbonyl (C=O) groups excluding carboxylic acids is 1. The van der Waals surface area contributed by atoms with Crippen molar-refractivity contribution in [2.75, 3.05) is 23.8 Å². The number of carbonyl (C=O) groups is 1. The van der Waals surface area contributed by atoms with E-state index in [1.807, 2.05) is 11.9 Å². The first-order valence-corrected chi connectivity index (χ1v) is 9.91. The zero-order valence-electron chi connectivity index (χ0n) is 16.6. The molecule has 8 heteroatoms. The molecule has 1 N–H and O–H groups in total. The first-order valence-electron chi connectivity index (χ1n) is 9.53. The lowest BCUT2D eigenvalue weighted by molar-refractivity contribution is 0.101.